The summed E-state index contributed by atoms with van der Waals surface area (Å²) in [7, 11) is 0. The Hall–Kier alpha value is -5.89. The number of nitrogen functional groups attached to an aromatic ring is 2. The molecule has 15 heteroatoms. The molecule has 0 spiro atoms. The van der Waals surface area contributed by atoms with E-state index in [4.69, 9.17) is 32.5 Å². The van der Waals surface area contributed by atoms with Crippen LogP contribution in [-0.4, -0.2) is 95.2 Å². The highest BCUT2D eigenvalue weighted by molar-refractivity contribution is 6.31. The van der Waals surface area contributed by atoms with Crippen molar-refractivity contribution >= 4 is 47.2 Å². The molecule has 2 heterocycles. The normalized spacial score (nSPS) is 14.4. The average molecular weight is 853 g/mol. The zero-order chi connectivity index (χ0) is 43.7. The summed E-state index contributed by atoms with van der Waals surface area (Å²) in [5, 5.41) is 5.54. The van der Waals surface area contributed by atoms with Crippen molar-refractivity contribution in [2.75, 3.05) is 57.3 Å². The van der Waals surface area contributed by atoms with Crippen LogP contribution >= 0.6 is 11.6 Å². The van der Waals surface area contributed by atoms with Crippen LogP contribution in [0, 0.1) is 18.8 Å². The number of nitrogens with zero attached hydrogens (tertiary/aromatic N) is 4. The van der Waals surface area contributed by atoms with E-state index < -0.39 is 23.7 Å². The highest BCUT2D eigenvalue weighted by atomic mass is 35.5. The van der Waals surface area contributed by atoms with E-state index in [2.05, 4.69) is 44.9 Å². The van der Waals surface area contributed by atoms with E-state index in [0.29, 0.717) is 58.3 Å². The number of anilines is 2. The van der Waals surface area contributed by atoms with Crippen molar-refractivity contribution in [1.82, 2.24) is 30.4 Å². The number of rotatable bonds is 15. The van der Waals surface area contributed by atoms with E-state index in [-0.39, 0.29) is 65.8 Å². The van der Waals surface area contributed by atoms with Gasteiger partial charge in [0.1, 0.15) is 12.2 Å². The molecule has 1 saturated heterocycles. The van der Waals surface area contributed by atoms with Crippen LogP contribution in [-0.2, 0) is 20.7 Å². The maximum Gasteiger partial charge on any atom is 0.409 e. The summed E-state index contributed by atoms with van der Waals surface area (Å²) in [6, 6.07) is 24.5. The first-order valence-electron chi connectivity index (χ1n) is 20.9. The molecule has 61 heavy (non-hydrogen) atoms. The van der Waals surface area contributed by atoms with E-state index in [9.17, 15) is 19.2 Å². The molecule has 0 saturated carbocycles. The molecule has 4 amide bonds. The number of hydrogen-bond donors (Lipinski definition) is 4. The van der Waals surface area contributed by atoms with Gasteiger partial charge in [0.15, 0.2) is 22.5 Å². The lowest BCUT2D eigenvalue weighted by molar-refractivity contribution is -0.132. The molecule has 2 aliphatic rings. The Morgan fingerprint density at radius 2 is 1.54 bits per heavy atom. The zero-order valence-corrected chi connectivity index (χ0v) is 36.2. The van der Waals surface area contributed by atoms with Gasteiger partial charge in [-0.2, -0.15) is 0 Å². The SMILES string of the molecule is Cc1ccccc1C[C@@H](CNC(=O)c1nc(Cl)c(N)nc1N)CN(CC1CCN(C(=O)CCCNC(=O)OC(C)(C)C)CC1)C(=O)OCC1c2ccccc2-c2ccccc21. The van der Waals surface area contributed by atoms with Crippen molar-refractivity contribution < 1.29 is 28.7 Å². The largest absolute Gasteiger partial charge is 0.448 e. The Kier molecular flexibility index (Phi) is 14.7. The standard InChI is InChI=1S/C46H57ClN8O6/c1-29-12-5-6-13-32(29)24-31(25-51-43(57)39-41(48)53-42(49)40(47)52-39)27-55(45(59)60-28-37-35-16-9-7-14-33(35)34-15-8-10-17-36(34)37)26-30-19-22-54(23-20-30)38(56)18-11-21-50-44(58)61-46(2,3)4/h5-10,12-17,30-31,37H,11,18-28H2,1-4H3,(H,50,58)(H,51,57)(H4,48,49,53)/t31-/m0/s1. The van der Waals surface area contributed by atoms with Gasteiger partial charge in [0.2, 0.25) is 5.91 Å². The number of piperidine rings is 1. The van der Waals surface area contributed by atoms with E-state index in [1.807, 2.05) is 60.4 Å². The number of aromatic nitrogens is 2. The van der Waals surface area contributed by atoms with Crippen molar-refractivity contribution in [2.24, 2.45) is 11.8 Å². The summed E-state index contributed by atoms with van der Waals surface area (Å²) >= 11 is 6.10. The van der Waals surface area contributed by atoms with Crippen LogP contribution in [0.15, 0.2) is 72.8 Å². The molecule has 6 N–H and O–H groups in total. The predicted molar refractivity (Wildman–Crippen MR) is 236 cm³/mol. The second kappa shape index (κ2) is 20.1. The number of likely N-dealkylation sites (tertiary alicyclic amines) is 1. The van der Waals surface area contributed by atoms with Gasteiger partial charge in [-0.25, -0.2) is 19.6 Å². The fraction of sp³-hybridized carbons (Fsp3) is 0.435. The lowest BCUT2D eigenvalue weighted by atomic mass is 9.93. The van der Waals surface area contributed by atoms with Gasteiger partial charge in [-0.05, 0) is 98.6 Å². The summed E-state index contributed by atoms with van der Waals surface area (Å²) in [5.74, 6) is -1.02. The number of fused-ring (bicyclic) bond motifs is 3. The highest BCUT2D eigenvalue weighted by Crippen LogP contribution is 2.44. The molecule has 324 valence electrons. The molecule has 6 rings (SSSR count). The first-order chi connectivity index (χ1) is 29.2. The molecule has 0 radical (unpaired) electrons. The fourth-order valence-electron chi connectivity index (χ4n) is 8.08. The molecule has 1 aliphatic carbocycles. The number of hydrogen-bond acceptors (Lipinski definition) is 10. The molecule has 1 aliphatic heterocycles. The molecular weight excluding hydrogens is 796 g/mol. The van der Waals surface area contributed by atoms with E-state index >= 15 is 0 Å². The van der Waals surface area contributed by atoms with Crippen molar-refractivity contribution in [3.05, 3.63) is 106 Å². The van der Waals surface area contributed by atoms with Gasteiger partial charge < -0.3 is 41.4 Å². The zero-order valence-electron chi connectivity index (χ0n) is 35.4. The van der Waals surface area contributed by atoms with Crippen LogP contribution in [0.1, 0.15) is 85.1 Å². The number of aryl methyl sites for hydroxylation is 1. The van der Waals surface area contributed by atoms with Gasteiger partial charge in [-0.3, -0.25) is 9.59 Å². The van der Waals surface area contributed by atoms with Crippen LogP contribution in [0.3, 0.4) is 0 Å². The van der Waals surface area contributed by atoms with E-state index in [1.54, 1.807) is 25.7 Å². The number of alkyl carbamates (subject to hydrolysis) is 1. The minimum atomic E-state index is -0.596. The molecule has 0 unspecified atom stereocenters. The van der Waals surface area contributed by atoms with Crippen molar-refractivity contribution in [3.8, 4) is 11.1 Å². The summed E-state index contributed by atoms with van der Waals surface area (Å²) in [4.78, 5) is 64.7. The number of amides is 4. The third-order valence-electron chi connectivity index (χ3n) is 11.2. The highest BCUT2D eigenvalue weighted by Gasteiger charge is 2.32. The third-order valence-corrected chi connectivity index (χ3v) is 11.5. The van der Waals surface area contributed by atoms with E-state index in [0.717, 1.165) is 33.4 Å². The molecular formula is C46H57ClN8O6. The quantitative estimate of drug-likeness (QED) is 0.0906. The summed E-state index contributed by atoms with van der Waals surface area (Å²) in [5.41, 5.74) is 17.7. The molecule has 1 aromatic heterocycles. The van der Waals surface area contributed by atoms with Gasteiger partial charge in [-0.1, -0.05) is 84.4 Å². The Bertz CT molecular complexity index is 2160. The van der Waals surface area contributed by atoms with Crippen LogP contribution in [0.4, 0.5) is 21.2 Å². The first kappa shape index (κ1) is 44.7. The minimum Gasteiger partial charge on any atom is -0.448 e. The van der Waals surface area contributed by atoms with Gasteiger partial charge in [0, 0.05) is 51.6 Å². The first-order valence-corrected chi connectivity index (χ1v) is 21.3. The smallest absolute Gasteiger partial charge is 0.409 e. The Morgan fingerprint density at radius 1 is 0.902 bits per heavy atom. The molecule has 14 nitrogen and oxygen atoms in total. The number of nitrogens with one attached hydrogen (secondary N) is 2. The summed E-state index contributed by atoms with van der Waals surface area (Å²) in [6.07, 6.45) is 1.80. The Morgan fingerprint density at radius 3 is 2.20 bits per heavy atom. The van der Waals surface area contributed by atoms with E-state index in [1.165, 1.54) is 0 Å². The topological polar surface area (TPSA) is 195 Å². The van der Waals surface area contributed by atoms with Crippen molar-refractivity contribution in [3.63, 3.8) is 0 Å². The van der Waals surface area contributed by atoms with Gasteiger partial charge in [-0.15, -0.1) is 0 Å². The van der Waals surface area contributed by atoms with Crippen LogP contribution < -0.4 is 22.1 Å². The molecule has 1 fully saturated rings. The molecule has 4 aromatic rings. The lowest BCUT2D eigenvalue weighted by Gasteiger charge is -2.36. The lowest BCUT2D eigenvalue weighted by Crippen LogP contribution is -2.46. The fourth-order valence-corrected chi connectivity index (χ4v) is 8.21. The maximum atomic E-state index is 14.4. The van der Waals surface area contributed by atoms with Crippen molar-refractivity contribution in [1.29, 1.82) is 0 Å². The number of ether oxygens (including phenoxy) is 2. The van der Waals surface area contributed by atoms with Crippen molar-refractivity contribution in [2.45, 2.75) is 71.3 Å². The Labute approximate surface area is 362 Å². The second-order valence-electron chi connectivity index (χ2n) is 16.9. The van der Waals surface area contributed by atoms with Crippen LogP contribution in [0.2, 0.25) is 5.15 Å². The number of nitrogens with two attached hydrogens (primary N) is 2. The predicted octanol–water partition coefficient (Wildman–Crippen LogP) is 6.99. The van der Waals surface area contributed by atoms with Gasteiger partial charge in [0.05, 0.1) is 0 Å². The number of benzene rings is 3. The number of carbonyl (C=O) groups excluding carboxylic acids is 4. The average Bonchev–Trinajstić information content (AvgIpc) is 3.55. The van der Waals surface area contributed by atoms with Crippen LogP contribution in [0.5, 0.6) is 0 Å². The monoisotopic (exact) mass is 852 g/mol. The Balaban J connectivity index is 1.16. The van der Waals surface area contributed by atoms with Crippen LogP contribution in [0.25, 0.3) is 11.1 Å². The van der Waals surface area contributed by atoms with Gasteiger partial charge in [0.25, 0.3) is 5.91 Å². The minimum absolute atomic E-state index is 0.0274. The van der Waals surface area contributed by atoms with Gasteiger partial charge >= 0.3 is 12.2 Å². The summed E-state index contributed by atoms with van der Waals surface area (Å²) in [6.45, 7) is 9.90. The third kappa shape index (κ3) is 11.9. The number of halogens is 1. The second-order valence-corrected chi connectivity index (χ2v) is 17.3. The molecule has 3 aromatic carbocycles. The molecule has 1 atom stereocenters. The summed E-state index contributed by atoms with van der Waals surface area (Å²) < 4.78 is 11.5. The molecule has 0 bridgehead atoms. The number of carbonyl (C=O) groups is 4. The maximum absolute atomic E-state index is 14.4.